The molecule has 0 unspecified atom stereocenters. The molecule has 0 spiro atoms. The van der Waals surface area contributed by atoms with Crippen molar-refractivity contribution in [3.8, 4) is 0 Å². The maximum atomic E-state index is 11.8. The Morgan fingerprint density at radius 2 is 1.93 bits per heavy atom. The Balaban J connectivity index is 0.000000480. The lowest BCUT2D eigenvalue weighted by Gasteiger charge is -2.22. The van der Waals surface area contributed by atoms with Crippen molar-refractivity contribution in [2.24, 2.45) is 5.92 Å². The lowest BCUT2D eigenvalue weighted by atomic mass is 9.98. The lowest BCUT2D eigenvalue weighted by Crippen LogP contribution is -2.40. The number of aromatic nitrogens is 1. The zero-order chi connectivity index (χ0) is 21.0. The number of amides is 2. The number of methoxy groups -OCH3 is 1. The Morgan fingerprint density at radius 1 is 1.29 bits per heavy atom. The number of alkyl halides is 3. The van der Waals surface area contributed by atoms with Crippen LogP contribution in [0.5, 0.6) is 0 Å². The van der Waals surface area contributed by atoms with Crippen LogP contribution in [0.3, 0.4) is 0 Å². The van der Waals surface area contributed by atoms with Crippen molar-refractivity contribution >= 4 is 12.0 Å². The van der Waals surface area contributed by atoms with Gasteiger partial charge in [-0.2, -0.15) is 13.2 Å². The van der Waals surface area contributed by atoms with Crippen LogP contribution in [0.2, 0.25) is 0 Å². The molecule has 2 amide bonds. The van der Waals surface area contributed by atoms with Crippen LogP contribution >= 0.6 is 0 Å². The van der Waals surface area contributed by atoms with E-state index in [9.17, 15) is 18.0 Å². The summed E-state index contributed by atoms with van der Waals surface area (Å²) in [7, 11) is 1.64. The van der Waals surface area contributed by atoms with E-state index in [0.717, 1.165) is 43.7 Å². The molecule has 0 aliphatic carbocycles. The van der Waals surface area contributed by atoms with Gasteiger partial charge in [0.15, 0.2) is 0 Å². The van der Waals surface area contributed by atoms with E-state index in [1.807, 2.05) is 12.1 Å². The maximum Gasteiger partial charge on any atom is 0.490 e. The van der Waals surface area contributed by atoms with E-state index < -0.39 is 12.1 Å². The average Bonchev–Trinajstić information content (AvgIpc) is 2.66. The minimum atomic E-state index is -5.08. The molecule has 1 aromatic heterocycles. The Hall–Kier alpha value is -2.40. The molecule has 1 aliphatic rings. The first kappa shape index (κ1) is 23.6. The van der Waals surface area contributed by atoms with Gasteiger partial charge in [-0.15, -0.1) is 0 Å². The van der Waals surface area contributed by atoms with Gasteiger partial charge < -0.3 is 25.8 Å². The number of hydrogen-bond acceptors (Lipinski definition) is 5. The van der Waals surface area contributed by atoms with E-state index >= 15 is 0 Å². The Morgan fingerprint density at radius 3 is 2.43 bits per heavy atom. The third kappa shape index (κ3) is 10.1. The number of aliphatic carboxylic acids is 1. The predicted octanol–water partition coefficient (Wildman–Crippen LogP) is 1.66. The van der Waals surface area contributed by atoms with Crippen LogP contribution < -0.4 is 16.0 Å². The summed E-state index contributed by atoms with van der Waals surface area (Å²) in [6, 6.07) is 3.75. The van der Waals surface area contributed by atoms with Crippen molar-refractivity contribution < 1.29 is 32.6 Å². The summed E-state index contributed by atoms with van der Waals surface area (Å²) in [5.41, 5.74) is 1.86. The smallest absolute Gasteiger partial charge is 0.475 e. The topological polar surface area (TPSA) is 113 Å². The van der Waals surface area contributed by atoms with Crippen LogP contribution in [-0.4, -0.2) is 55.0 Å². The first-order valence-corrected chi connectivity index (χ1v) is 8.67. The second-order valence-corrected chi connectivity index (χ2v) is 6.15. The normalized spacial score (nSPS) is 14.6. The molecule has 2 rings (SSSR count). The molecule has 11 heteroatoms. The van der Waals surface area contributed by atoms with Gasteiger partial charge in [0.25, 0.3) is 0 Å². The third-order valence-electron chi connectivity index (χ3n) is 3.88. The molecule has 1 aromatic rings. The third-order valence-corrected chi connectivity index (χ3v) is 3.88. The zero-order valence-electron chi connectivity index (χ0n) is 15.5. The SMILES string of the molecule is COCc1ccc(CNC(=O)NCC2CCNCC2)cn1.O=C(O)C(F)(F)F. The fraction of sp³-hybridized carbons (Fsp3) is 0.588. The number of ether oxygens (including phenoxy) is 1. The van der Waals surface area contributed by atoms with Crippen molar-refractivity contribution in [3.05, 3.63) is 29.6 Å². The van der Waals surface area contributed by atoms with Gasteiger partial charge in [-0.25, -0.2) is 9.59 Å². The van der Waals surface area contributed by atoms with Gasteiger partial charge in [-0.3, -0.25) is 4.98 Å². The van der Waals surface area contributed by atoms with Crippen LogP contribution in [0, 0.1) is 5.92 Å². The second-order valence-electron chi connectivity index (χ2n) is 6.15. The molecule has 1 fully saturated rings. The summed E-state index contributed by atoms with van der Waals surface area (Å²) in [6.07, 6.45) is -1.06. The number of nitrogens with one attached hydrogen (secondary N) is 3. The molecule has 158 valence electrons. The summed E-state index contributed by atoms with van der Waals surface area (Å²) < 4.78 is 36.7. The summed E-state index contributed by atoms with van der Waals surface area (Å²) in [6.45, 7) is 3.84. The maximum absolute atomic E-state index is 11.8. The molecule has 2 heterocycles. The molecule has 1 aliphatic heterocycles. The highest BCUT2D eigenvalue weighted by atomic mass is 19.4. The van der Waals surface area contributed by atoms with Gasteiger partial charge in [0.1, 0.15) is 0 Å². The van der Waals surface area contributed by atoms with Crippen LogP contribution in [0.25, 0.3) is 0 Å². The molecule has 0 aromatic carbocycles. The number of piperidine rings is 1. The number of hydrogen-bond donors (Lipinski definition) is 4. The number of carbonyl (C=O) groups is 2. The number of rotatable bonds is 6. The van der Waals surface area contributed by atoms with Crippen LogP contribution in [0.15, 0.2) is 18.3 Å². The average molecular weight is 406 g/mol. The molecule has 0 radical (unpaired) electrons. The Bertz CT molecular complexity index is 605. The van der Waals surface area contributed by atoms with Crippen molar-refractivity contribution in [3.63, 3.8) is 0 Å². The van der Waals surface area contributed by atoms with Crippen LogP contribution in [0.4, 0.5) is 18.0 Å². The summed E-state index contributed by atoms with van der Waals surface area (Å²) >= 11 is 0. The van der Waals surface area contributed by atoms with E-state index in [2.05, 4.69) is 20.9 Å². The highest BCUT2D eigenvalue weighted by Gasteiger charge is 2.38. The number of urea groups is 1. The van der Waals surface area contributed by atoms with Gasteiger partial charge in [-0.05, 0) is 43.5 Å². The second kappa shape index (κ2) is 12.1. The first-order chi connectivity index (χ1) is 13.2. The summed E-state index contributed by atoms with van der Waals surface area (Å²) in [5, 5.41) is 16.2. The first-order valence-electron chi connectivity index (χ1n) is 8.67. The Kier molecular flexibility index (Phi) is 10.2. The highest BCUT2D eigenvalue weighted by molar-refractivity contribution is 5.73. The van der Waals surface area contributed by atoms with E-state index in [4.69, 9.17) is 14.6 Å². The zero-order valence-corrected chi connectivity index (χ0v) is 15.5. The molecule has 0 atom stereocenters. The number of carboxylic acids is 1. The number of nitrogens with zero attached hydrogens (tertiary/aromatic N) is 1. The van der Waals surface area contributed by atoms with Crippen LogP contribution in [0.1, 0.15) is 24.1 Å². The quantitative estimate of drug-likeness (QED) is 0.572. The monoisotopic (exact) mass is 406 g/mol. The molecule has 8 nitrogen and oxygen atoms in total. The van der Waals surface area contributed by atoms with E-state index in [1.165, 1.54) is 0 Å². The predicted molar refractivity (Wildman–Crippen MR) is 94.5 cm³/mol. The molecule has 28 heavy (non-hydrogen) atoms. The van der Waals surface area contributed by atoms with Gasteiger partial charge in [-0.1, -0.05) is 6.07 Å². The van der Waals surface area contributed by atoms with Gasteiger partial charge in [0, 0.05) is 26.4 Å². The highest BCUT2D eigenvalue weighted by Crippen LogP contribution is 2.13. The van der Waals surface area contributed by atoms with Crippen molar-refractivity contribution in [2.75, 3.05) is 26.7 Å². The standard InChI is InChI=1S/C15H24N4O2.C2HF3O2/c1-21-11-14-3-2-13(9-17-14)10-19-15(20)18-8-12-4-6-16-7-5-12;3-2(4,5)1(6)7/h2-3,9,12,16H,4-8,10-11H2,1H3,(H2,18,19,20);(H,6,7). The Labute approximate surface area is 160 Å². The molecule has 4 N–H and O–H groups in total. The minimum absolute atomic E-state index is 0.116. The lowest BCUT2D eigenvalue weighted by molar-refractivity contribution is -0.192. The molecule has 0 saturated carbocycles. The van der Waals surface area contributed by atoms with Gasteiger partial charge in [0.05, 0.1) is 12.3 Å². The van der Waals surface area contributed by atoms with E-state index in [1.54, 1.807) is 13.3 Å². The van der Waals surface area contributed by atoms with Crippen LogP contribution in [-0.2, 0) is 22.7 Å². The number of carboxylic acid groups (broad SMARTS) is 1. The molecule has 1 saturated heterocycles. The number of carbonyl (C=O) groups excluding carboxylic acids is 1. The van der Waals surface area contributed by atoms with Crippen molar-refractivity contribution in [2.45, 2.75) is 32.2 Å². The molecular weight excluding hydrogens is 381 g/mol. The fourth-order valence-electron chi connectivity index (χ4n) is 2.36. The summed E-state index contributed by atoms with van der Waals surface area (Å²) in [5.74, 6) is -2.17. The number of pyridine rings is 1. The number of halogens is 3. The largest absolute Gasteiger partial charge is 0.490 e. The minimum Gasteiger partial charge on any atom is -0.475 e. The molecule has 0 bridgehead atoms. The fourth-order valence-corrected chi connectivity index (χ4v) is 2.36. The van der Waals surface area contributed by atoms with E-state index in [0.29, 0.717) is 19.1 Å². The van der Waals surface area contributed by atoms with Crippen molar-refractivity contribution in [1.29, 1.82) is 0 Å². The van der Waals surface area contributed by atoms with Gasteiger partial charge in [0.2, 0.25) is 0 Å². The van der Waals surface area contributed by atoms with E-state index in [-0.39, 0.29) is 6.03 Å². The van der Waals surface area contributed by atoms with Gasteiger partial charge >= 0.3 is 18.2 Å². The summed E-state index contributed by atoms with van der Waals surface area (Å²) in [4.78, 5) is 24.9. The van der Waals surface area contributed by atoms with Crippen molar-refractivity contribution in [1.82, 2.24) is 20.9 Å². The molecular formula is C17H25F3N4O4.